The number of hydrogen-bond acceptors (Lipinski definition) is 9. The lowest BCUT2D eigenvalue weighted by Gasteiger charge is -2.49. The van der Waals surface area contributed by atoms with Crippen LogP contribution >= 0.6 is 11.8 Å². The molecular formula is C34H33N5O6S. The molecule has 2 atom stereocenters. The number of esters is 1. The smallest absolute Gasteiger partial charge is 0.408 e. The minimum absolute atomic E-state index is 0.0440. The number of anilines is 1. The first kappa shape index (κ1) is 31.0. The van der Waals surface area contributed by atoms with E-state index >= 15 is 0 Å². The maximum atomic E-state index is 14.2. The first-order valence-corrected chi connectivity index (χ1v) is 15.9. The lowest BCUT2D eigenvalue weighted by molar-refractivity contribution is -0.153. The number of hydrogen-bond donors (Lipinski definition) is 1. The average molecular weight is 640 g/mol. The Kier molecular flexibility index (Phi) is 8.63. The average Bonchev–Trinajstić information content (AvgIpc) is 3.41. The van der Waals surface area contributed by atoms with Crippen molar-refractivity contribution in [1.82, 2.24) is 20.2 Å². The van der Waals surface area contributed by atoms with E-state index in [9.17, 15) is 19.2 Å². The second-order valence-electron chi connectivity index (χ2n) is 11.9. The molecule has 0 saturated carbocycles. The highest BCUT2D eigenvalue weighted by atomic mass is 32.2. The van der Waals surface area contributed by atoms with Gasteiger partial charge in [0.15, 0.2) is 6.10 Å². The van der Waals surface area contributed by atoms with Crippen LogP contribution in [-0.4, -0.2) is 68.1 Å². The molecule has 1 aromatic heterocycles. The summed E-state index contributed by atoms with van der Waals surface area (Å²) in [5, 5.41) is 2.09. The molecule has 46 heavy (non-hydrogen) atoms. The number of ether oxygens (including phenoxy) is 2. The number of nitrogens with one attached hydrogen (secondary N) is 1. The van der Waals surface area contributed by atoms with Crippen molar-refractivity contribution in [1.29, 1.82) is 0 Å². The van der Waals surface area contributed by atoms with Gasteiger partial charge in [-0.25, -0.2) is 19.6 Å². The van der Waals surface area contributed by atoms with Crippen molar-refractivity contribution in [2.24, 2.45) is 0 Å². The predicted molar refractivity (Wildman–Crippen MR) is 171 cm³/mol. The number of benzene rings is 2. The van der Waals surface area contributed by atoms with E-state index in [2.05, 4.69) is 15.3 Å². The number of fused-ring (bicyclic) bond motifs is 1. The number of nitrogens with zero attached hydrogens (tertiary/aromatic N) is 4. The van der Waals surface area contributed by atoms with Gasteiger partial charge < -0.3 is 14.8 Å². The Hall–Kier alpha value is -4.97. The first-order chi connectivity index (χ1) is 22.1. The Morgan fingerprint density at radius 3 is 2.22 bits per heavy atom. The zero-order chi connectivity index (χ0) is 32.4. The standard InChI is InChI=1S/C34H33N5O6S/c1-34(2,3)45-33(43)37-25-29(41)39-26(31(42)44-27(21-11-6-4-7-12-21)22-13-8-5-9-14-22)24(20-46-30(25)39)19-23-15-18-38(28(23)40)32-35-16-10-17-36-32/h4-14,16-17,19,25,27,30H,15,18,20H2,1-3H3,(H,37,43)/t25-,30-/m1/s1. The van der Waals surface area contributed by atoms with E-state index in [-0.39, 0.29) is 11.6 Å². The number of aromatic nitrogens is 2. The summed E-state index contributed by atoms with van der Waals surface area (Å²) >= 11 is 1.38. The monoisotopic (exact) mass is 639 g/mol. The highest BCUT2D eigenvalue weighted by molar-refractivity contribution is 8.00. The molecule has 3 amide bonds. The summed E-state index contributed by atoms with van der Waals surface area (Å²) in [5.74, 6) is -0.869. The van der Waals surface area contributed by atoms with Crippen LogP contribution in [0.2, 0.25) is 0 Å². The summed E-state index contributed by atoms with van der Waals surface area (Å²) in [7, 11) is 0. The molecule has 11 nitrogen and oxygen atoms in total. The van der Waals surface area contributed by atoms with Crippen molar-refractivity contribution >= 4 is 41.6 Å². The molecule has 0 spiro atoms. The van der Waals surface area contributed by atoms with E-state index in [1.807, 2.05) is 60.7 Å². The third kappa shape index (κ3) is 6.38. The number of carbonyl (C=O) groups excluding carboxylic acids is 4. The van der Waals surface area contributed by atoms with Crippen molar-refractivity contribution in [3.63, 3.8) is 0 Å². The molecule has 2 fully saturated rings. The number of thioether (sulfide) groups is 1. The van der Waals surface area contributed by atoms with Crippen molar-refractivity contribution in [3.05, 3.63) is 113 Å². The van der Waals surface area contributed by atoms with Crippen LogP contribution in [0.4, 0.5) is 10.7 Å². The second kappa shape index (κ2) is 12.8. The normalized spacial score (nSPS) is 20.5. The third-order valence-electron chi connectivity index (χ3n) is 7.56. The van der Waals surface area contributed by atoms with Crippen LogP contribution in [0, 0.1) is 0 Å². The van der Waals surface area contributed by atoms with Crippen LogP contribution in [-0.2, 0) is 23.9 Å². The summed E-state index contributed by atoms with van der Waals surface area (Å²) in [6.07, 6.45) is 3.74. The number of rotatable bonds is 7. The maximum absolute atomic E-state index is 14.2. The van der Waals surface area contributed by atoms with Crippen molar-refractivity contribution < 1.29 is 28.7 Å². The third-order valence-corrected chi connectivity index (χ3v) is 8.86. The summed E-state index contributed by atoms with van der Waals surface area (Å²) in [6, 6.07) is 19.5. The molecule has 236 valence electrons. The molecule has 6 rings (SSSR count). The number of β-lactam (4-membered cyclic amide) rings is 1. The molecule has 0 aliphatic carbocycles. The molecule has 0 unspecified atom stereocenters. The maximum Gasteiger partial charge on any atom is 0.408 e. The fourth-order valence-corrected chi connectivity index (χ4v) is 6.81. The Balaban J connectivity index is 1.34. The van der Waals surface area contributed by atoms with E-state index in [4.69, 9.17) is 9.47 Å². The van der Waals surface area contributed by atoms with Gasteiger partial charge in [0.05, 0.1) is 0 Å². The Morgan fingerprint density at radius 1 is 0.978 bits per heavy atom. The number of amides is 3. The topological polar surface area (TPSA) is 131 Å². The van der Waals surface area contributed by atoms with E-state index in [1.54, 1.807) is 45.3 Å². The molecule has 3 aliphatic heterocycles. The molecule has 2 aromatic carbocycles. The molecule has 2 saturated heterocycles. The van der Waals surface area contributed by atoms with E-state index in [0.29, 0.717) is 35.8 Å². The van der Waals surface area contributed by atoms with Gasteiger partial charge in [0, 0.05) is 30.3 Å². The number of carbonyl (C=O) groups is 4. The van der Waals surface area contributed by atoms with Crippen molar-refractivity contribution in [2.45, 2.75) is 50.3 Å². The Morgan fingerprint density at radius 2 is 1.61 bits per heavy atom. The van der Waals surface area contributed by atoms with Gasteiger partial charge in [-0.05, 0) is 56.0 Å². The lowest BCUT2D eigenvalue weighted by Crippen LogP contribution is -2.70. The van der Waals surface area contributed by atoms with Crippen LogP contribution in [0.1, 0.15) is 44.4 Å². The first-order valence-electron chi connectivity index (χ1n) is 14.9. The molecule has 4 heterocycles. The second-order valence-corrected chi connectivity index (χ2v) is 13.0. The summed E-state index contributed by atoms with van der Waals surface area (Å²) in [5.41, 5.74) is 1.75. The zero-order valence-corrected chi connectivity index (χ0v) is 26.4. The van der Waals surface area contributed by atoms with Crippen LogP contribution < -0.4 is 10.2 Å². The van der Waals surface area contributed by atoms with Crippen molar-refractivity contribution in [3.8, 4) is 0 Å². The fourth-order valence-electron chi connectivity index (χ4n) is 5.50. The zero-order valence-electron chi connectivity index (χ0n) is 25.6. The van der Waals surface area contributed by atoms with Gasteiger partial charge in [0.25, 0.3) is 11.8 Å². The Bertz CT molecular complexity index is 1670. The summed E-state index contributed by atoms with van der Waals surface area (Å²) in [4.78, 5) is 65.0. The summed E-state index contributed by atoms with van der Waals surface area (Å²) in [6.45, 7) is 5.59. The van der Waals surface area contributed by atoms with E-state index in [0.717, 1.165) is 11.1 Å². The number of alkyl carbamates (subject to hydrolysis) is 1. The number of allylic oxidation sites excluding steroid dienone is 1. The van der Waals surface area contributed by atoms with Gasteiger partial charge in [-0.15, -0.1) is 11.8 Å². The molecule has 12 heteroatoms. The fraction of sp³-hybridized carbons (Fsp3) is 0.294. The van der Waals surface area contributed by atoms with Crippen LogP contribution in [0.3, 0.4) is 0 Å². The van der Waals surface area contributed by atoms with Gasteiger partial charge >= 0.3 is 12.1 Å². The SMILES string of the molecule is CC(C)(C)OC(=O)N[C@@H]1C(=O)N2C(C(=O)OC(c3ccccc3)c3ccccc3)=C(C=C3CCN(c4ncccn4)C3=O)CS[C@H]12. The minimum atomic E-state index is -0.894. The molecule has 3 aliphatic rings. The molecule has 3 aromatic rings. The predicted octanol–water partition coefficient (Wildman–Crippen LogP) is 4.54. The van der Waals surface area contributed by atoms with Crippen LogP contribution in [0.5, 0.6) is 0 Å². The highest BCUT2D eigenvalue weighted by Crippen LogP contribution is 2.42. The molecule has 0 bridgehead atoms. The lowest BCUT2D eigenvalue weighted by atomic mass is 10.00. The van der Waals surface area contributed by atoms with Crippen molar-refractivity contribution in [2.75, 3.05) is 17.2 Å². The largest absolute Gasteiger partial charge is 0.448 e. The summed E-state index contributed by atoms with van der Waals surface area (Å²) < 4.78 is 11.6. The molecular weight excluding hydrogens is 606 g/mol. The molecule has 0 radical (unpaired) electrons. The highest BCUT2D eigenvalue weighted by Gasteiger charge is 2.55. The molecule has 1 N–H and O–H groups in total. The van der Waals surface area contributed by atoms with Gasteiger partial charge in [-0.3, -0.25) is 19.4 Å². The van der Waals surface area contributed by atoms with Gasteiger partial charge in [-0.1, -0.05) is 60.7 Å². The van der Waals surface area contributed by atoms with Crippen LogP contribution in [0.15, 0.2) is 102 Å². The minimum Gasteiger partial charge on any atom is -0.448 e. The Labute approximate surface area is 270 Å². The van der Waals surface area contributed by atoms with Gasteiger partial charge in [0.2, 0.25) is 5.95 Å². The van der Waals surface area contributed by atoms with Gasteiger partial charge in [-0.2, -0.15) is 0 Å². The van der Waals surface area contributed by atoms with E-state index < -0.39 is 41.1 Å². The van der Waals surface area contributed by atoms with E-state index in [1.165, 1.54) is 21.6 Å². The van der Waals surface area contributed by atoms with Crippen LogP contribution in [0.25, 0.3) is 0 Å². The quantitative estimate of drug-likeness (QED) is 0.225. The van der Waals surface area contributed by atoms with Gasteiger partial charge in [0.1, 0.15) is 22.7 Å².